The van der Waals surface area contributed by atoms with E-state index in [2.05, 4.69) is 10.0 Å². The van der Waals surface area contributed by atoms with Crippen LogP contribution in [0, 0.1) is 6.92 Å². The molecule has 0 aromatic heterocycles. The van der Waals surface area contributed by atoms with Crippen molar-refractivity contribution >= 4 is 15.9 Å². The highest BCUT2D eigenvalue weighted by molar-refractivity contribution is 7.89. The molecule has 0 aliphatic rings. The number of methoxy groups -OCH3 is 1. The summed E-state index contributed by atoms with van der Waals surface area (Å²) in [4.78, 5) is 13.8. The van der Waals surface area contributed by atoms with Crippen molar-refractivity contribution in [3.05, 3.63) is 23.8 Å². The second-order valence-electron chi connectivity index (χ2n) is 5.46. The minimum atomic E-state index is -3.72. The summed E-state index contributed by atoms with van der Waals surface area (Å²) in [5.74, 6) is 0.264. The third-order valence-corrected chi connectivity index (χ3v) is 4.60. The van der Waals surface area contributed by atoms with Crippen LogP contribution in [0.15, 0.2) is 23.1 Å². The Balaban J connectivity index is 2.52. The van der Waals surface area contributed by atoms with Crippen LogP contribution in [-0.2, 0) is 14.8 Å². The molecular weight excluding hydrogens is 318 g/mol. The van der Waals surface area contributed by atoms with E-state index < -0.39 is 10.0 Å². The van der Waals surface area contributed by atoms with Gasteiger partial charge < -0.3 is 15.0 Å². The quantitative estimate of drug-likeness (QED) is 0.632. The van der Waals surface area contributed by atoms with Crippen molar-refractivity contribution < 1.29 is 17.9 Å². The van der Waals surface area contributed by atoms with Gasteiger partial charge in [0.05, 0.1) is 18.6 Å². The Morgan fingerprint density at radius 2 is 2.00 bits per heavy atom. The van der Waals surface area contributed by atoms with Gasteiger partial charge in [-0.3, -0.25) is 4.79 Å². The normalized spacial score (nSPS) is 11.5. The average molecular weight is 343 g/mol. The number of nitrogens with one attached hydrogen (secondary N) is 2. The van der Waals surface area contributed by atoms with Crippen LogP contribution >= 0.6 is 0 Å². The summed E-state index contributed by atoms with van der Waals surface area (Å²) in [6, 6.07) is 4.55. The topological polar surface area (TPSA) is 87.7 Å². The van der Waals surface area contributed by atoms with Crippen LogP contribution in [-0.4, -0.2) is 60.1 Å². The monoisotopic (exact) mass is 343 g/mol. The van der Waals surface area contributed by atoms with Crippen LogP contribution < -0.4 is 14.8 Å². The maximum Gasteiger partial charge on any atom is 0.241 e. The third-order valence-electron chi connectivity index (χ3n) is 3.20. The Kier molecular flexibility index (Phi) is 7.47. The van der Waals surface area contributed by atoms with Crippen LogP contribution in [0.2, 0.25) is 0 Å². The SMILES string of the molecule is COc1ccc(S(=O)(=O)NCC(=O)NCCCN(C)C)cc1C. The fraction of sp³-hybridized carbons (Fsp3) is 0.533. The van der Waals surface area contributed by atoms with Gasteiger partial charge in [-0.1, -0.05) is 0 Å². The van der Waals surface area contributed by atoms with Crippen molar-refractivity contribution in [1.29, 1.82) is 0 Å². The molecule has 0 saturated carbocycles. The summed E-state index contributed by atoms with van der Waals surface area (Å²) in [6.07, 6.45) is 0.809. The number of hydrogen-bond donors (Lipinski definition) is 2. The second-order valence-corrected chi connectivity index (χ2v) is 7.23. The Labute approximate surface area is 138 Å². The summed E-state index contributed by atoms with van der Waals surface area (Å²) in [7, 11) is 1.70. The number of ether oxygens (including phenoxy) is 1. The molecule has 2 N–H and O–H groups in total. The Hall–Kier alpha value is -1.64. The number of benzene rings is 1. The van der Waals surface area contributed by atoms with E-state index in [4.69, 9.17) is 4.74 Å². The molecule has 1 amide bonds. The second kappa shape index (κ2) is 8.85. The van der Waals surface area contributed by atoms with Crippen LogP contribution in [0.5, 0.6) is 5.75 Å². The molecule has 1 rings (SSSR count). The van der Waals surface area contributed by atoms with Crippen molar-refractivity contribution in [3.8, 4) is 5.75 Å². The van der Waals surface area contributed by atoms with E-state index in [0.717, 1.165) is 13.0 Å². The predicted octanol–water partition coefficient (Wildman–Crippen LogP) is 0.350. The van der Waals surface area contributed by atoms with E-state index in [1.165, 1.54) is 19.2 Å². The van der Waals surface area contributed by atoms with Gasteiger partial charge in [0.2, 0.25) is 15.9 Å². The number of amides is 1. The lowest BCUT2D eigenvalue weighted by Gasteiger charge is -2.11. The highest BCUT2D eigenvalue weighted by atomic mass is 32.2. The van der Waals surface area contributed by atoms with Crippen LogP contribution in [0.25, 0.3) is 0 Å². The molecule has 1 aromatic carbocycles. The number of rotatable bonds is 9. The zero-order valence-electron chi connectivity index (χ0n) is 14.0. The van der Waals surface area contributed by atoms with Crippen LogP contribution in [0.1, 0.15) is 12.0 Å². The van der Waals surface area contributed by atoms with Gasteiger partial charge in [0, 0.05) is 6.54 Å². The van der Waals surface area contributed by atoms with Gasteiger partial charge >= 0.3 is 0 Å². The Morgan fingerprint density at radius 1 is 1.30 bits per heavy atom. The first-order valence-corrected chi connectivity index (χ1v) is 8.80. The molecule has 0 aliphatic heterocycles. The first kappa shape index (κ1) is 19.4. The molecule has 0 heterocycles. The molecule has 0 fully saturated rings. The van der Waals surface area contributed by atoms with Crippen molar-refractivity contribution in [2.75, 3.05) is 40.8 Å². The van der Waals surface area contributed by atoms with Crippen molar-refractivity contribution in [3.63, 3.8) is 0 Å². The Bertz CT molecular complexity index is 630. The summed E-state index contributed by atoms with van der Waals surface area (Å²) in [5, 5.41) is 2.68. The first-order chi connectivity index (χ1) is 10.8. The molecule has 8 heteroatoms. The first-order valence-electron chi connectivity index (χ1n) is 7.32. The van der Waals surface area contributed by atoms with E-state index in [9.17, 15) is 13.2 Å². The average Bonchev–Trinajstić information content (AvgIpc) is 2.49. The van der Waals surface area contributed by atoms with E-state index >= 15 is 0 Å². The van der Waals surface area contributed by atoms with Crippen molar-refractivity contribution in [2.45, 2.75) is 18.2 Å². The number of nitrogens with zero attached hydrogens (tertiary/aromatic N) is 1. The number of sulfonamides is 1. The molecule has 0 radical (unpaired) electrons. The van der Waals surface area contributed by atoms with Gasteiger partial charge in [0.15, 0.2) is 0 Å². The molecule has 0 unspecified atom stereocenters. The van der Waals surface area contributed by atoms with E-state index in [-0.39, 0.29) is 17.3 Å². The number of hydrogen-bond acceptors (Lipinski definition) is 5. The largest absolute Gasteiger partial charge is 0.496 e. The number of carbonyl (C=O) groups excluding carboxylic acids is 1. The van der Waals surface area contributed by atoms with E-state index in [0.29, 0.717) is 17.9 Å². The van der Waals surface area contributed by atoms with Gasteiger partial charge in [0.1, 0.15) is 5.75 Å². The minimum Gasteiger partial charge on any atom is -0.496 e. The van der Waals surface area contributed by atoms with E-state index in [1.807, 2.05) is 19.0 Å². The van der Waals surface area contributed by atoms with Gasteiger partial charge in [0.25, 0.3) is 0 Å². The highest BCUT2D eigenvalue weighted by Gasteiger charge is 2.16. The lowest BCUT2D eigenvalue weighted by Crippen LogP contribution is -2.37. The fourth-order valence-corrected chi connectivity index (χ4v) is 3.01. The van der Waals surface area contributed by atoms with Crippen LogP contribution in [0.4, 0.5) is 0 Å². The lowest BCUT2D eigenvalue weighted by atomic mass is 10.2. The van der Waals surface area contributed by atoms with E-state index in [1.54, 1.807) is 13.0 Å². The standard InChI is InChI=1S/C15H25N3O4S/c1-12-10-13(6-7-14(12)22-4)23(20,21)17-11-15(19)16-8-5-9-18(2)3/h6-7,10,17H,5,8-9,11H2,1-4H3,(H,16,19). The van der Waals surface area contributed by atoms with Gasteiger partial charge in [-0.15, -0.1) is 0 Å². The molecule has 0 aliphatic carbocycles. The predicted molar refractivity (Wildman–Crippen MR) is 89.1 cm³/mol. The maximum atomic E-state index is 12.2. The molecule has 0 saturated heterocycles. The summed E-state index contributed by atoms with van der Waals surface area (Å²) in [5.41, 5.74) is 0.712. The zero-order chi connectivity index (χ0) is 17.5. The molecule has 0 spiro atoms. The minimum absolute atomic E-state index is 0.108. The molecule has 0 bridgehead atoms. The Morgan fingerprint density at radius 3 is 2.57 bits per heavy atom. The molecule has 23 heavy (non-hydrogen) atoms. The molecule has 1 aromatic rings. The summed E-state index contributed by atoms with van der Waals surface area (Å²) in [6.45, 7) is 2.85. The number of carbonyl (C=O) groups is 1. The fourth-order valence-electron chi connectivity index (χ4n) is 1.95. The van der Waals surface area contributed by atoms with Gasteiger partial charge in [-0.2, -0.15) is 0 Å². The van der Waals surface area contributed by atoms with Crippen molar-refractivity contribution in [2.24, 2.45) is 0 Å². The van der Waals surface area contributed by atoms with Crippen molar-refractivity contribution in [1.82, 2.24) is 14.9 Å². The molecule has 130 valence electrons. The number of aryl methyl sites for hydroxylation is 1. The lowest BCUT2D eigenvalue weighted by molar-refractivity contribution is -0.119. The zero-order valence-corrected chi connectivity index (χ0v) is 14.9. The summed E-state index contributed by atoms with van der Waals surface area (Å²) < 4.78 is 31.7. The smallest absolute Gasteiger partial charge is 0.241 e. The highest BCUT2D eigenvalue weighted by Crippen LogP contribution is 2.20. The molecule has 7 nitrogen and oxygen atoms in total. The van der Waals surface area contributed by atoms with Gasteiger partial charge in [-0.25, -0.2) is 13.1 Å². The maximum absolute atomic E-state index is 12.2. The molecule has 0 atom stereocenters. The van der Waals surface area contributed by atoms with Crippen LogP contribution in [0.3, 0.4) is 0 Å². The molecular formula is C15H25N3O4S. The summed E-state index contributed by atoms with van der Waals surface area (Å²) >= 11 is 0. The third kappa shape index (κ3) is 6.55. The van der Waals surface area contributed by atoms with Gasteiger partial charge in [-0.05, 0) is 57.7 Å².